The van der Waals surface area contributed by atoms with Crippen molar-refractivity contribution >= 4 is 32.3 Å². The number of aliphatic hydroxyl groups is 1. The fraction of sp³-hybridized carbons (Fsp3) is 0.0556. The monoisotopic (exact) mass is 291 g/mol. The molecule has 0 amide bonds. The van der Waals surface area contributed by atoms with E-state index in [0.717, 1.165) is 32.1 Å². The van der Waals surface area contributed by atoms with Crippen LogP contribution in [0, 0.1) is 0 Å². The van der Waals surface area contributed by atoms with Gasteiger partial charge in [0, 0.05) is 11.8 Å². The number of rotatable bonds is 2. The Bertz CT molecular complexity index is 923. The number of aliphatic hydroxyl groups excluding tert-OH is 1. The summed E-state index contributed by atoms with van der Waals surface area (Å²) >= 11 is 1.64. The second kappa shape index (κ2) is 4.95. The minimum atomic E-state index is -0.657. The number of benzene rings is 2. The number of fused-ring (bicyclic) bond motifs is 2. The molecule has 1 atom stereocenters. The molecule has 2 aromatic carbocycles. The third-order valence-corrected chi connectivity index (χ3v) is 4.61. The molecule has 0 saturated carbocycles. The van der Waals surface area contributed by atoms with Crippen molar-refractivity contribution in [2.24, 2.45) is 0 Å². The highest BCUT2D eigenvalue weighted by Gasteiger charge is 2.14. The number of pyridine rings is 1. The second-order valence-corrected chi connectivity index (χ2v) is 5.99. The molecule has 0 radical (unpaired) electrons. The van der Waals surface area contributed by atoms with Crippen LogP contribution in [0.2, 0.25) is 0 Å². The van der Waals surface area contributed by atoms with E-state index in [2.05, 4.69) is 17.1 Å². The van der Waals surface area contributed by atoms with Crippen LogP contribution in [-0.4, -0.2) is 10.1 Å². The van der Waals surface area contributed by atoms with E-state index in [0.29, 0.717) is 0 Å². The first-order chi connectivity index (χ1) is 10.3. The highest BCUT2D eigenvalue weighted by Crippen LogP contribution is 2.30. The molecule has 4 rings (SSSR count). The van der Waals surface area contributed by atoms with Crippen molar-refractivity contribution in [3.63, 3.8) is 0 Å². The van der Waals surface area contributed by atoms with Crippen LogP contribution in [0.4, 0.5) is 0 Å². The first-order valence-corrected chi connectivity index (χ1v) is 7.70. The topological polar surface area (TPSA) is 33.1 Å². The molecule has 102 valence electrons. The lowest BCUT2D eigenvalue weighted by Gasteiger charge is -2.14. The Hall–Kier alpha value is -2.23. The van der Waals surface area contributed by atoms with Crippen molar-refractivity contribution in [3.05, 3.63) is 77.3 Å². The Kier molecular flexibility index (Phi) is 2.95. The molecule has 0 bridgehead atoms. The fourth-order valence-electron chi connectivity index (χ4n) is 2.68. The first kappa shape index (κ1) is 12.5. The Morgan fingerprint density at radius 1 is 1.00 bits per heavy atom. The molecule has 0 aliphatic carbocycles. The first-order valence-electron chi connectivity index (χ1n) is 6.82. The SMILES string of the molecule is OC(c1cnc2ccsc2c1)c1cccc2ccccc12. The summed E-state index contributed by atoms with van der Waals surface area (Å²) in [6.07, 6.45) is 1.11. The van der Waals surface area contributed by atoms with Gasteiger partial charge in [0.05, 0.1) is 10.2 Å². The van der Waals surface area contributed by atoms with Crippen LogP contribution in [-0.2, 0) is 0 Å². The summed E-state index contributed by atoms with van der Waals surface area (Å²) in [5, 5.41) is 15.0. The molecule has 21 heavy (non-hydrogen) atoms. The molecule has 3 heteroatoms. The van der Waals surface area contributed by atoms with Crippen LogP contribution in [0.5, 0.6) is 0 Å². The van der Waals surface area contributed by atoms with Gasteiger partial charge in [-0.1, -0.05) is 42.5 Å². The van der Waals surface area contributed by atoms with Gasteiger partial charge >= 0.3 is 0 Å². The normalized spacial score (nSPS) is 12.8. The van der Waals surface area contributed by atoms with Crippen LogP contribution < -0.4 is 0 Å². The molecule has 0 fully saturated rings. The summed E-state index contributed by atoms with van der Waals surface area (Å²) in [6.45, 7) is 0. The van der Waals surface area contributed by atoms with Crippen molar-refractivity contribution in [2.45, 2.75) is 6.10 Å². The van der Waals surface area contributed by atoms with Gasteiger partial charge in [0.2, 0.25) is 0 Å². The van der Waals surface area contributed by atoms with E-state index in [9.17, 15) is 5.11 Å². The summed E-state index contributed by atoms with van der Waals surface area (Å²) in [7, 11) is 0. The minimum absolute atomic E-state index is 0.657. The molecule has 0 saturated heterocycles. The second-order valence-electron chi connectivity index (χ2n) is 5.04. The maximum absolute atomic E-state index is 10.8. The molecule has 4 aromatic rings. The van der Waals surface area contributed by atoms with Crippen LogP contribution in [0.25, 0.3) is 21.0 Å². The van der Waals surface area contributed by atoms with Gasteiger partial charge in [-0.25, -0.2) is 0 Å². The lowest BCUT2D eigenvalue weighted by molar-refractivity contribution is 0.221. The molecule has 0 spiro atoms. The van der Waals surface area contributed by atoms with Crippen LogP contribution in [0.1, 0.15) is 17.2 Å². The van der Waals surface area contributed by atoms with E-state index in [1.165, 1.54) is 0 Å². The largest absolute Gasteiger partial charge is 0.384 e. The highest BCUT2D eigenvalue weighted by atomic mass is 32.1. The van der Waals surface area contributed by atoms with Gasteiger partial charge in [0.1, 0.15) is 6.10 Å². The van der Waals surface area contributed by atoms with Crippen LogP contribution in [0.15, 0.2) is 66.2 Å². The zero-order valence-corrected chi connectivity index (χ0v) is 12.0. The Morgan fingerprint density at radius 3 is 2.81 bits per heavy atom. The molecule has 2 heterocycles. The number of hydrogen-bond acceptors (Lipinski definition) is 3. The summed E-state index contributed by atoms with van der Waals surface area (Å²) in [5.74, 6) is 0. The summed E-state index contributed by atoms with van der Waals surface area (Å²) in [6, 6.07) is 18.2. The van der Waals surface area contributed by atoms with Gasteiger partial charge in [0.15, 0.2) is 0 Å². The van der Waals surface area contributed by atoms with Crippen molar-refractivity contribution in [1.82, 2.24) is 4.98 Å². The van der Waals surface area contributed by atoms with Gasteiger partial charge in [-0.15, -0.1) is 11.3 Å². The zero-order valence-electron chi connectivity index (χ0n) is 11.2. The van der Waals surface area contributed by atoms with Gasteiger partial charge in [-0.3, -0.25) is 4.98 Å². The van der Waals surface area contributed by atoms with E-state index >= 15 is 0 Å². The van der Waals surface area contributed by atoms with E-state index in [4.69, 9.17) is 0 Å². The molecule has 1 unspecified atom stereocenters. The van der Waals surface area contributed by atoms with E-state index in [1.807, 2.05) is 47.8 Å². The van der Waals surface area contributed by atoms with Crippen LogP contribution in [0.3, 0.4) is 0 Å². The summed E-state index contributed by atoms with van der Waals surface area (Å²) < 4.78 is 1.10. The smallest absolute Gasteiger partial charge is 0.106 e. The average molecular weight is 291 g/mol. The molecule has 0 aliphatic heterocycles. The fourth-order valence-corrected chi connectivity index (χ4v) is 3.47. The molecular weight excluding hydrogens is 278 g/mol. The van der Waals surface area contributed by atoms with Gasteiger partial charge < -0.3 is 5.11 Å². The van der Waals surface area contributed by atoms with Crippen molar-refractivity contribution in [1.29, 1.82) is 0 Å². The number of hydrogen-bond donors (Lipinski definition) is 1. The average Bonchev–Trinajstić information content (AvgIpc) is 3.01. The van der Waals surface area contributed by atoms with Gasteiger partial charge in [-0.05, 0) is 33.8 Å². The number of aromatic nitrogens is 1. The number of thiophene rings is 1. The standard InChI is InChI=1S/C18H13NOS/c20-18(13-10-17-16(19-11-13)8-9-21-17)15-7-3-5-12-4-1-2-6-14(12)15/h1-11,18,20H. The third-order valence-electron chi connectivity index (χ3n) is 3.76. The Labute approximate surface area is 126 Å². The molecule has 2 aromatic heterocycles. The molecule has 2 nitrogen and oxygen atoms in total. The quantitative estimate of drug-likeness (QED) is 0.588. The van der Waals surface area contributed by atoms with Gasteiger partial charge in [0.25, 0.3) is 0 Å². The summed E-state index contributed by atoms with van der Waals surface area (Å²) in [4.78, 5) is 4.42. The van der Waals surface area contributed by atoms with Gasteiger partial charge in [-0.2, -0.15) is 0 Å². The van der Waals surface area contributed by atoms with Crippen molar-refractivity contribution in [2.75, 3.05) is 0 Å². The Morgan fingerprint density at radius 2 is 1.86 bits per heavy atom. The molecule has 1 N–H and O–H groups in total. The molecule has 0 aliphatic rings. The summed E-state index contributed by atoms with van der Waals surface area (Å²) in [5.41, 5.74) is 2.74. The Balaban J connectivity index is 1.87. The predicted octanol–water partition coefficient (Wildman–Crippen LogP) is 4.53. The van der Waals surface area contributed by atoms with E-state index in [1.54, 1.807) is 17.5 Å². The molecular formula is C18H13NOS. The lowest BCUT2D eigenvalue weighted by Crippen LogP contribution is -2.01. The van der Waals surface area contributed by atoms with Crippen molar-refractivity contribution < 1.29 is 5.11 Å². The maximum atomic E-state index is 10.8. The van der Waals surface area contributed by atoms with E-state index in [-0.39, 0.29) is 0 Å². The maximum Gasteiger partial charge on any atom is 0.106 e. The lowest BCUT2D eigenvalue weighted by atomic mass is 9.97. The minimum Gasteiger partial charge on any atom is -0.384 e. The van der Waals surface area contributed by atoms with Crippen molar-refractivity contribution in [3.8, 4) is 0 Å². The van der Waals surface area contributed by atoms with E-state index < -0.39 is 6.10 Å². The predicted molar refractivity (Wildman–Crippen MR) is 87.6 cm³/mol. The third kappa shape index (κ3) is 2.11. The van der Waals surface area contributed by atoms with Crippen LogP contribution >= 0.6 is 11.3 Å². The number of nitrogens with zero attached hydrogens (tertiary/aromatic N) is 1. The zero-order chi connectivity index (χ0) is 14.2. The highest BCUT2D eigenvalue weighted by molar-refractivity contribution is 7.17.